The van der Waals surface area contributed by atoms with Crippen LogP contribution < -0.4 is 21.3 Å². The van der Waals surface area contributed by atoms with Crippen LogP contribution in [0.5, 0.6) is 5.75 Å². The van der Waals surface area contributed by atoms with Crippen LogP contribution in [-0.4, -0.2) is 54.0 Å². The van der Waals surface area contributed by atoms with Crippen molar-refractivity contribution in [2.45, 2.75) is 77.4 Å². The number of phenols is 1. The minimum absolute atomic E-state index is 0.164. The van der Waals surface area contributed by atoms with Gasteiger partial charge in [0, 0.05) is 6.54 Å². The minimum atomic E-state index is -0.791. The summed E-state index contributed by atoms with van der Waals surface area (Å²) in [4.78, 5) is 39.8. The topological polar surface area (TPSA) is 120 Å². The molecule has 8 heteroatoms. The van der Waals surface area contributed by atoms with Crippen LogP contribution >= 0.6 is 0 Å². The van der Waals surface area contributed by atoms with E-state index in [0.717, 1.165) is 30.4 Å². The summed E-state index contributed by atoms with van der Waals surface area (Å²) in [5.74, 6) is -0.883. The Morgan fingerprint density at radius 2 is 1.65 bits per heavy atom. The fourth-order valence-corrected chi connectivity index (χ4v) is 4.82. The molecule has 2 aromatic carbocycles. The van der Waals surface area contributed by atoms with Gasteiger partial charge < -0.3 is 26.4 Å². The zero-order valence-corrected chi connectivity index (χ0v) is 23.9. The molecule has 0 spiro atoms. The fraction of sp³-hybridized carbons (Fsp3) is 0.469. The summed E-state index contributed by atoms with van der Waals surface area (Å²) in [5, 5.41) is 21.9. The number of carbonyl (C=O) groups excluding carboxylic acids is 3. The number of benzene rings is 2. The predicted octanol–water partition coefficient (Wildman–Crippen LogP) is 3.48. The molecule has 5 N–H and O–H groups in total. The normalized spacial score (nSPS) is 22.6. The molecule has 3 amide bonds. The number of carbonyl (C=O) groups is 3. The van der Waals surface area contributed by atoms with E-state index in [1.54, 1.807) is 24.3 Å². The van der Waals surface area contributed by atoms with Crippen molar-refractivity contribution in [1.82, 2.24) is 21.3 Å². The maximum Gasteiger partial charge on any atom is 0.243 e. The van der Waals surface area contributed by atoms with Crippen LogP contribution in [0.1, 0.15) is 63.1 Å². The largest absolute Gasteiger partial charge is 0.508 e. The maximum atomic E-state index is 13.6. The van der Waals surface area contributed by atoms with Gasteiger partial charge in [-0.05, 0) is 73.4 Å². The van der Waals surface area contributed by atoms with Gasteiger partial charge >= 0.3 is 0 Å². The Morgan fingerprint density at radius 3 is 2.38 bits per heavy atom. The van der Waals surface area contributed by atoms with Crippen LogP contribution in [0.3, 0.4) is 0 Å². The van der Waals surface area contributed by atoms with E-state index in [1.807, 2.05) is 32.9 Å². The molecule has 1 aliphatic heterocycles. The average molecular weight is 549 g/mol. The lowest BCUT2D eigenvalue weighted by atomic mass is 9.99. The van der Waals surface area contributed by atoms with Crippen LogP contribution in [-0.2, 0) is 27.2 Å². The van der Waals surface area contributed by atoms with Crippen molar-refractivity contribution in [1.29, 1.82) is 0 Å². The van der Waals surface area contributed by atoms with Gasteiger partial charge in [0.15, 0.2) is 0 Å². The molecule has 3 atom stereocenters. The van der Waals surface area contributed by atoms with E-state index in [0.29, 0.717) is 32.4 Å². The molecule has 0 saturated heterocycles. The summed E-state index contributed by atoms with van der Waals surface area (Å²) in [5.41, 5.74) is 3.25. The molecule has 216 valence electrons. The SMILES string of the molecule is CCC[C@@H]1NC(=O)[C@@H](C(C)C)NC(=O)[C@@H](Cc2ccc(O)cc2)NCCCc2ccccc2/C=C/CCNC1=O. The minimum Gasteiger partial charge on any atom is -0.508 e. The molecule has 0 fully saturated rings. The molecule has 0 unspecified atom stereocenters. The first-order chi connectivity index (χ1) is 19.3. The van der Waals surface area contributed by atoms with Crippen molar-refractivity contribution in [3.05, 3.63) is 71.3 Å². The second-order valence-corrected chi connectivity index (χ2v) is 10.7. The molecular formula is C32H44N4O4. The Kier molecular flexibility index (Phi) is 12.2. The Hall–Kier alpha value is -3.65. The van der Waals surface area contributed by atoms with Crippen molar-refractivity contribution in [2.75, 3.05) is 13.1 Å². The number of rotatable bonds is 5. The molecule has 1 heterocycles. The van der Waals surface area contributed by atoms with Gasteiger partial charge in [-0.25, -0.2) is 0 Å². The van der Waals surface area contributed by atoms with Gasteiger partial charge in [-0.3, -0.25) is 14.4 Å². The highest BCUT2D eigenvalue weighted by molar-refractivity contribution is 5.93. The number of nitrogens with one attached hydrogen (secondary N) is 4. The summed E-state index contributed by atoms with van der Waals surface area (Å²) in [6, 6.07) is 13.0. The monoisotopic (exact) mass is 548 g/mol. The zero-order valence-electron chi connectivity index (χ0n) is 23.9. The smallest absolute Gasteiger partial charge is 0.243 e. The Bertz CT molecular complexity index is 1150. The quantitative estimate of drug-likeness (QED) is 0.392. The van der Waals surface area contributed by atoms with Crippen molar-refractivity contribution in [3.63, 3.8) is 0 Å². The average Bonchev–Trinajstić information content (AvgIpc) is 2.93. The molecule has 0 aliphatic carbocycles. The molecule has 0 bridgehead atoms. The summed E-state index contributed by atoms with van der Waals surface area (Å²) in [7, 11) is 0. The van der Waals surface area contributed by atoms with Crippen LogP contribution in [0.15, 0.2) is 54.6 Å². The number of aromatic hydroxyl groups is 1. The van der Waals surface area contributed by atoms with Crippen molar-refractivity contribution >= 4 is 23.8 Å². The molecule has 0 saturated carbocycles. The highest BCUT2D eigenvalue weighted by Gasteiger charge is 2.30. The summed E-state index contributed by atoms with van der Waals surface area (Å²) in [6.07, 6.45) is 8.13. The van der Waals surface area contributed by atoms with Gasteiger partial charge in [-0.1, -0.05) is 75.7 Å². The predicted molar refractivity (Wildman–Crippen MR) is 159 cm³/mol. The van der Waals surface area contributed by atoms with Crippen LogP contribution in [0.2, 0.25) is 0 Å². The summed E-state index contributed by atoms with van der Waals surface area (Å²) in [6.45, 7) is 6.81. The lowest BCUT2D eigenvalue weighted by Gasteiger charge is -2.27. The molecule has 2 aromatic rings. The number of aryl methyl sites for hydroxylation is 1. The van der Waals surface area contributed by atoms with Gasteiger partial charge in [-0.15, -0.1) is 0 Å². The number of hydrogen-bond acceptors (Lipinski definition) is 5. The lowest BCUT2D eigenvalue weighted by Crippen LogP contribution is -2.58. The second-order valence-electron chi connectivity index (χ2n) is 10.7. The first-order valence-corrected chi connectivity index (χ1v) is 14.4. The van der Waals surface area contributed by atoms with E-state index >= 15 is 0 Å². The van der Waals surface area contributed by atoms with Crippen molar-refractivity contribution < 1.29 is 19.5 Å². The van der Waals surface area contributed by atoms with E-state index in [-0.39, 0.29) is 29.4 Å². The standard InChI is InChI=1S/C32H44N4O4/c1-4-10-27-30(38)34-19-8-7-13-24-11-5-6-12-25(24)14-9-20-33-28(21-23-15-17-26(37)18-16-23)31(39)36-29(22(2)3)32(40)35-27/h5-7,11-13,15-18,22,27-29,33,37H,4,8-10,14,19-21H2,1-3H3,(H,34,38)(H,35,40)(H,36,39)/b13-7+/t27-,28+,29+/m0/s1. The van der Waals surface area contributed by atoms with Crippen molar-refractivity contribution in [3.8, 4) is 5.75 Å². The van der Waals surface area contributed by atoms with Crippen LogP contribution in [0.25, 0.3) is 6.08 Å². The van der Waals surface area contributed by atoms with Gasteiger partial charge in [0.05, 0.1) is 6.04 Å². The summed E-state index contributed by atoms with van der Waals surface area (Å²) < 4.78 is 0. The Balaban J connectivity index is 1.86. The second kappa shape index (κ2) is 15.8. The van der Waals surface area contributed by atoms with E-state index in [2.05, 4.69) is 45.6 Å². The maximum absolute atomic E-state index is 13.6. The first-order valence-electron chi connectivity index (χ1n) is 14.4. The molecule has 3 rings (SSSR count). The zero-order chi connectivity index (χ0) is 28.9. The van der Waals surface area contributed by atoms with Gasteiger partial charge in [-0.2, -0.15) is 0 Å². The number of hydrogen-bond donors (Lipinski definition) is 5. The number of fused-ring (bicyclic) bond motifs is 1. The third kappa shape index (κ3) is 9.52. The van der Waals surface area contributed by atoms with E-state index in [4.69, 9.17) is 0 Å². The lowest BCUT2D eigenvalue weighted by molar-refractivity contribution is -0.133. The Labute approximate surface area is 238 Å². The molecule has 0 aromatic heterocycles. The van der Waals surface area contributed by atoms with Gasteiger partial charge in [0.25, 0.3) is 0 Å². The van der Waals surface area contributed by atoms with E-state index in [1.165, 1.54) is 5.56 Å². The molecule has 1 aliphatic rings. The molecule has 8 nitrogen and oxygen atoms in total. The molecular weight excluding hydrogens is 504 g/mol. The van der Waals surface area contributed by atoms with Crippen molar-refractivity contribution in [2.24, 2.45) is 5.92 Å². The van der Waals surface area contributed by atoms with Gasteiger partial charge in [0.2, 0.25) is 17.7 Å². The first kappa shape index (κ1) is 30.9. The third-order valence-corrected chi connectivity index (χ3v) is 7.13. The van der Waals surface area contributed by atoms with E-state index < -0.39 is 18.1 Å². The molecule has 40 heavy (non-hydrogen) atoms. The fourth-order valence-electron chi connectivity index (χ4n) is 4.82. The number of amides is 3. The van der Waals surface area contributed by atoms with Crippen LogP contribution in [0, 0.1) is 5.92 Å². The summed E-state index contributed by atoms with van der Waals surface area (Å²) >= 11 is 0. The third-order valence-electron chi connectivity index (χ3n) is 7.13. The van der Waals surface area contributed by atoms with Gasteiger partial charge in [0.1, 0.15) is 17.8 Å². The highest BCUT2D eigenvalue weighted by atomic mass is 16.3. The highest BCUT2D eigenvalue weighted by Crippen LogP contribution is 2.15. The van der Waals surface area contributed by atoms with E-state index in [9.17, 15) is 19.5 Å². The van der Waals surface area contributed by atoms with Crippen LogP contribution in [0.4, 0.5) is 0 Å². The number of phenolic OH excluding ortho intramolecular Hbond substituents is 1. The molecule has 0 radical (unpaired) electrons. The Morgan fingerprint density at radius 1 is 0.900 bits per heavy atom.